The predicted octanol–water partition coefficient (Wildman–Crippen LogP) is -4.28. The van der Waals surface area contributed by atoms with Gasteiger partial charge in [-0.15, -0.1) is 0 Å². The van der Waals surface area contributed by atoms with Crippen LogP contribution in [0.15, 0.2) is 0 Å². The molecule has 1 saturated heterocycles. The predicted molar refractivity (Wildman–Crippen MR) is 102 cm³/mol. The number of nitrogens with one attached hydrogen (secondary N) is 1. The lowest BCUT2D eigenvalue weighted by atomic mass is 9.82. The third-order valence-electron chi connectivity index (χ3n) is 5.24. The number of ether oxygens (including phenoxy) is 2. The van der Waals surface area contributed by atoms with Crippen molar-refractivity contribution in [2.45, 2.75) is 80.7 Å². The van der Waals surface area contributed by atoms with Crippen LogP contribution in [0.5, 0.6) is 0 Å². The standard InChI is InChI=1S/C15H33N5O8S/c1-2-3-20-10-6(17)4-7(18)13(14(10)28-29(23,24)25)27-15-9(19)12(22)11(21)8(5-16)26-15/h6-15,20-22H,2-5,16-19H2,1H3,(H,23,24,25)/t6-,7+,8-,9-,10-,11-,12-,13-,14-,15-/m1/s1. The molecule has 0 unspecified atom stereocenters. The molecule has 0 bridgehead atoms. The van der Waals surface area contributed by atoms with Crippen LogP contribution in [0.3, 0.4) is 0 Å². The Morgan fingerprint density at radius 1 is 1.14 bits per heavy atom. The molecule has 13 nitrogen and oxygen atoms in total. The minimum absolute atomic E-state index is 0.113. The monoisotopic (exact) mass is 443 g/mol. The van der Waals surface area contributed by atoms with Gasteiger partial charge in [0.05, 0.1) is 12.1 Å². The van der Waals surface area contributed by atoms with E-state index in [2.05, 4.69) is 5.32 Å². The van der Waals surface area contributed by atoms with Gasteiger partial charge in [0.2, 0.25) is 0 Å². The van der Waals surface area contributed by atoms with Crippen molar-refractivity contribution < 1.29 is 36.8 Å². The first kappa shape index (κ1) is 24.8. The normalized spacial score (nSPS) is 44.0. The molecule has 10 atom stereocenters. The molecule has 2 aliphatic rings. The fraction of sp³-hybridized carbons (Fsp3) is 1.00. The highest BCUT2D eigenvalue weighted by Crippen LogP contribution is 2.29. The number of hydrogen-bond acceptors (Lipinski definition) is 12. The lowest BCUT2D eigenvalue weighted by Crippen LogP contribution is -2.70. The third kappa shape index (κ3) is 6.03. The van der Waals surface area contributed by atoms with E-state index in [9.17, 15) is 23.2 Å². The van der Waals surface area contributed by atoms with Crippen LogP contribution in [0.25, 0.3) is 0 Å². The van der Waals surface area contributed by atoms with Gasteiger partial charge in [0.1, 0.15) is 30.5 Å². The minimum atomic E-state index is -4.86. The summed E-state index contributed by atoms with van der Waals surface area (Å²) in [7, 11) is -4.86. The SMILES string of the molecule is CCCN[C@H]1[C@@H](OS(=O)(=O)O)[C@H](O[C@H]2O[C@H](CN)[C@@H](O)[C@H](O)[C@H]2N)[C@@H](N)C[C@H]1N. The molecule has 1 aliphatic carbocycles. The van der Waals surface area contributed by atoms with Crippen molar-refractivity contribution in [3.63, 3.8) is 0 Å². The third-order valence-corrected chi connectivity index (χ3v) is 5.71. The van der Waals surface area contributed by atoms with E-state index in [1.807, 2.05) is 6.92 Å². The number of aliphatic hydroxyl groups excluding tert-OH is 2. The van der Waals surface area contributed by atoms with E-state index in [1.165, 1.54) is 0 Å². The molecule has 1 aliphatic heterocycles. The van der Waals surface area contributed by atoms with Crippen LogP contribution in [-0.2, 0) is 24.1 Å². The fourth-order valence-electron chi connectivity index (χ4n) is 3.72. The van der Waals surface area contributed by atoms with Crippen LogP contribution >= 0.6 is 0 Å². The van der Waals surface area contributed by atoms with Gasteiger partial charge in [-0.3, -0.25) is 4.55 Å². The highest BCUT2D eigenvalue weighted by molar-refractivity contribution is 7.80. The van der Waals surface area contributed by atoms with Gasteiger partial charge >= 0.3 is 10.4 Å². The van der Waals surface area contributed by atoms with Crippen LogP contribution in [-0.4, -0.2) is 97.3 Å². The van der Waals surface area contributed by atoms with E-state index in [1.54, 1.807) is 0 Å². The molecule has 0 radical (unpaired) electrons. The molecule has 2 rings (SSSR count). The highest BCUT2D eigenvalue weighted by Gasteiger charge is 2.50. The van der Waals surface area contributed by atoms with Crippen LogP contribution in [0.4, 0.5) is 0 Å². The van der Waals surface area contributed by atoms with Crippen molar-refractivity contribution in [2.24, 2.45) is 22.9 Å². The number of nitrogens with two attached hydrogens (primary N) is 4. The van der Waals surface area contributed by atoms with E-state index in [0.29, 0.717) is 6.54 Å². The molecule has 2 fully saturated rings. The topological polar surface area (TPSA) is 239 Å². The summed E-state index contributed by atoms with van der Waals surface area (Å²) in [5, 5.41) is 23.2. The molecule has 0 aromatic heterocycles. The Labute approximate surface area is 170 Å². The second kappa shape index (κ2) is 10.2. The molecule has 0 aromatic carbocycles. The van der Waals surface area contributed by atoms with E-state index in [-0.39, 0.29) is 13.0 Å². The zero-order valence-electron chi connectivity index (χ0n) is 16.2. The summed E-state index contributed by atoms with van der Waals surface area (Å²) >= 11 is 0. The molecular weight excluding hydrogens is 410 g/mol. The minimum Gasteiger partial charge on any atom is -0.388 e. The van der Waals surface area contributed by atoms with Crippen molar-refractivity contribution in [3.8, 4) is 0 Å². The second-order valence-electron chi connectivity index (χ2n) is 7.47. The maximum atomic E-state index is 11.5. The van der Waals surface area contributed by atoms with Gasteiger partial charge in [0.15, 0.2) is 6.29 Å². The Morgan fingerprint density at radius 3 is 2.34 bits per heavy atom. The maximum Gasteiger partial charge on any atom is 0.397 e. The molecule has 12 N–H and O–H groups in total. The molecule has 1 heterocycles. The van der Waals surface area contributed by atoms with E-state index in [0.717, 1.165) is 6.42 Å². The second-order valence-corrected chi connectivity index (χ2v) is 8.52. The quantitative estimate of drug-likeness (QED) is 0.166. The molecule has 29 heavy (non-hydrogen) atoms. The molecule has 0 amide bonds. The fourth-order valence-corrected chi connectivity index (χ4v) is 4.23. The van der Waals surface area contributed by atoms with E-state index < -0.39 is 71.4 Å². The van der Waals surface area contributed by atoms with Crippen molar-refractivity contribution in [2.75, 3.05) is 13.1 Å². The Kier molecular flexibility index (Phi) is 8.73. The van der Waals surface area contributed by atoms with Gasteiger partial charge in [-0.05, 0) is 19.4 Å². The van der Waals surface area contributed by atoms with Gasteiger partial charge < -0.3 is 47.9 Å². The summed E-state index contributed by atoms with van der Waals surface area (Å²) in [5.74, 6) is 0. The van der Waals surface area contributed by atoms with Gasteiger partial charge in [-0.25, -0.2) is 4.18 Å². The lowest BCUT2D eigenvalue weighted by molar-refractivity contribution is -0.282. The zero-order valence-corrected chi connectivity index (χ0v) is 17.0. The summed E-state index contributed by atoms with van der Waals surface area (Å²) in [6.07, 6.45) is -6.32. The zero-order chi connectivity index (χ0) is 21.9. The van der Waals surface area contributed by atoms with Gasteiger partial charge in [0, 0.05) is 18.6 Å². The van der Waals surface area contributed by atoms with Crippen LogP contribution in [0.2, 0.25) is 0 Å². The van der Waals surface area contributed by atoms with Crippen molar-refractivity contribution >= 4 is 10.4 Å². The van der Waals surface area contributed by atoms with E-state index >= 15 is 0 Å². The van der Waals surface area contributed by atoms with Crippen molar-refractivity contribution in [1.82, 2.24) is 5.32 Å². The Morgan fingerprint density at radius 2 is 1.79 bits per heavy atom. The largest absolute Gasteiger partial charge is 0.397 e. The molecule has 14 heteroatoms. The van der Waals surface area contributed by atoms with Crippen LogP contribution in [0.1, 0.15) is 19.8 Å². The number of rotatable bonds is 8. The summed E-state index contributed by atoms with van der Waals surface area (Å²) in [5.41, 5.74) is 23.7. The van der Waals surface area contributed by atoms with Gasteiger partial charge in [-0.2, -0.15) is 8.42 Å². The first-order chi connectivity index (χ1) is 13.5. The summed E-state index contributed by atoms with van der Waals surface area (Å²) < 4.78 is 48.4. The van der Waals surface area contributed by atoms with Crippen LogP contribution < -0.4 is 28.3 Å². The summed E-state index contributed by atoms with van der Waals surface area (Å²) in [6.45, 7) is 2.30. The molecule has 0 spiro atoms. The van der Waals surface area contributed by atoms with Crippen molar-refractivity contribution in [3.05, 3.63) is 0 Å². The average Bonchev–Trinajstić information content (AvgIpc) is 2.63. The number of hydrogen-bond donors (Lipinski definition) is 8. The molecule has 1 saturated carbocycles. The average molecular weight is 444 g/mol. The molecular formula is C15H33N5O8S. The molecule has 0 aromatic rings. The summed E-state index contributed by atoms with van der Waals surface area (Å²) in [6, 6.07) is -3.23. The van der Waals surface area contributed by atoms with Gasteiger partial charge in [-0.1, -0.05) is 6.92 Å². The van der Waals surface area contributed by atoms with Gasteiger partial charge in [0.25, 0.3) is 0 Å². The smallest absolute Gasteiger partial charge is 0.388 e. The highest BCUT2D eigenvalue weighted by atomic mass is 32.3. The maximum absolute atomic E-state index is 11.5. The summed E-state index contributed by atoms with van der Waals surface area (Å²) in [4.78, 5) is 0. The Balaban J connectivity index is 2.28. The van der Waals surface area contributed by atoms with Crippen molar-refractivity contribution in [1.29, 1.82) is 0 Å². The first-order valence-corrected chi connectivity index (χ1v) is 10.9. The Bertz CT molecular complexity index is 626. The Hall–Kier alpha value is -0.490. The molecule has 172 valence electrons. The lowest BCUT2D eigenvalue weighted by Gasteiger charge is -2.47. The van der Waals surface area contributed by atoms with Crippen LogP contribution in [0, 0.1) is 0 Å². The number of aliphatic hydroxyl groups is 2. The first-order valence-electron chi connectivity index (χ1n) is 9.53. The van der Waals surface area contributed by atoms with E-state index in [4.69, 9.17) is 36.6 Å².